The molecule has 0 aromatic carbocycles. The Morgan fingerprint density at radius 2 is 2.12 bits per heavy atom. The van der Waals surface area contributed by atoms with Crippen molar-refractivity contribution in [1.29, 1.82) is 0 Å². The van der Waals surface area contributed by atoms with Crippen LogP contribution in [0.15, 0.2) is 0 Å². The van der Waals surface area contributed by atoms with E-state index in [0.717, 1.165) is 57.2 Å². The van der Waals surface area contributed by atoms with Gasteiger partial charge in [0.25, 0.3) is 0 Å². The minimum absolute atomic E-state index is 0.426. The maximum atomic E-state index is 5.87. The molecule has 0 aliphatic carbocycles. The molecule has 0 saturated carbocycles. The van der Waals surface area contributed by atoms with E-state index in [1.165, 1.54) is 0 Å². The molecule has 0 radical (unpaired) electrons. The fourth-order valence-corrected chi connectivity index (χ4v) is 2.30. The molecular formula is C12H22N4O. The molecule has 2 rings (SSSR count). The zero-order valence-corrected chi connectivity index (χ0v) is 10.8. The lowest BCUT2D eigenvalue weighted by Crippen LogP contribution is -2.32. The molecule has 1 fully saturated rings. The SMILES string of the molecule is CCn1c(C)nnc1CCOC1CCNCC1. The normalized spacial score (nSPS) is 17.5. The summed E-state index contributed by atoms with van der Waals surface area (Å²) in [6.45, 7) is 7.95. The molecule has 1 aliphatic rings. The molecule has 5 nitrogen and oxygen atoms in total. The monoisotopic (exact) mass is 238 g/mol. The van der Waals surface area contributed by atoms with Gasteiger partial charge in [0.15, 0.2) is 0 Å². The number of nitrogens with one attached hydrogen (secondary N) is 1. The van der Waals surface area contributed by atoms with Crippen molar-refractivity contribution >= 4 is 0 Å². The van der Waals surface area contributed by atoms with E-state index in [2.05, 4.69) is 27.0 Å². The van der Waals surface area contributed by atoms with Gasteiger partial charge in [0.1, 0.15) is 11.6 Å². The molecule has 1 aromatic rings. The Kier molecular flexibility index (Phi) is 4.50. The summed E-state index contributed by atoms with van der Waals surface area (Å²) < 4.78 is 8.02. The highest BCUT2D eigenvalue weighted by molar-refractivity contribution is 4.93. The number of hydrogen-bond donors (Lipinski definition) is 1. The van der Waals surface area contributed by atoms with Gasteiger partial charge in [-0.05, 0) is 39.8 Å². The second-order valence-corrected chi connectivity index (χ2v) is 4.48. The second kappa shape index (κ2) is 6.12. The van der Waals surface area contributed by atoms with Gasteiger partial charge < -0.3 is 14.6 Å². The predicted octanol–water partition coefficient (Wildman–Crippen LogP) is 0.918. The summed E-state index contributed by atoms with van der Waals surface area (Å²) in [7, 11) is 0. The van der Waals surface area contributed by atoms with Crippen molar-refractivity contribution in [2.45, 2.75) is 45.8 Å². The highest BCUT2D eigenvalue weighted by Crippen LogP contribution is 2.08. The zero-order chi connectivity index (χ0) is 12.1. The number of rotatable bonds is 5. The summed E-state index contributed by atoms with van der Waals surface area (Å²) in [5.41, 5.74) is 0. The van der Waals surface area contributed by atoms with Crippen LogP contribution in [0.5, 0.6) is 0 Å². The molecule has 0 atom stereocenters. The van der Waals surface area contributed by atoms with Crippen molar-refractivity contribution in [2.24, 2.45) is 0 Å². The van der Waals surface area contributed by atoms with Crippen LogP contribution >= 0.6 is 0 Å². The van der Waals surface area contributed by atoms with Crippen molar-refractivity contribution in [3.05, 3.63) is 11.6 Å². The Balaban J connectivity index is 1.77. The molecule has 1 aromatic heterocycles. The summed E-state index contributed by atoms with van der Waals surface area (Å²) in [5.74, 6) is 2.03. The highest BCUT2D eigenvalue weighted by atomic mass is 16.5. The van der Waals surface area contributed by atoms with E-state index in [-0.39, 0.29) is 0 Å². The Labute approximate surface area is 103 Å². The van der Waals surface area contributed by atoms with Crippen LogP contribution in [0.3, 0.4) is 0 Å². The first-order valence-electron chi connectivity index (χ1n) is 6.52. The minimum Gasteiger partial charge on any atom is -0.378 e. The number of ether oxygens (including phenoxy) is 1. The molecule has 5 heteroatoms. The first-order valence-corrected chi connectivity index (χ1v) is 6.52. The summed E-state index contributed by atoms with van der Waals surface area (Å²) in [6, 6.07) is 0. The lowest BCUT2D eigenvalue weighted by molar-refractivity contribution is 0.0339. The number of hydrogen-bond acceptors (Lipinski definition) is 4. The molecule has 0 bridgehead atoms. The van der Waals surface area contributed by atoms with Gasteiger partial charge in [0.05, 0.1) is 12.7 Å². The average molecular weight is 238 g/mol. The van der Waals surface area contributed by atoms with Crippen LogP contribution in [-0.4, -0.2) is 40.6 Å². The number of aromatic nitrogens is 3. The van der Waals surface area contributed by atoms with Crippen LogP contribution in [0.1, 0.15) is 31.4 Å². The molecular weight excluding hydrogens is 216 g/mol. The van der Waals surface area contributed by atoms with Crippen LogP contribution in [0, 0.1) is 6.92 Å². The Bertz CT molecular complexity index is 344. The largest absolute Gasteiger partial charge is 0.378 e. The van der Waals surface area contributed by atoms with Gasteiger partial charge in [-0.1, -0.05) is 0 Å². The van der Waals surface area contributed by atoms with Gasteiger partial charge in [-0.3, -0.25) is 0 Å². The van der Waals surface area contributed by atoms with E-state index in [4.69, 9.17) is 4.74 Å². The maximum absolute atomic E-state index is 5.87. The van der Waals surface area contributed by atoms with Crippen LogP contribution in [0.2, 0.25) is 0 Å². The van der Waals surface area contributed by atoms with E-state index in [1.807, 2.05) is 6.92 Å². The smallest absolute Gasteiger partial charge is 0.135 e. The van der Waals surface area contributed by atoms with Gasteiger partial charge in [-0.25, -0.2) is 0 Å². The van der Waals surface area contributed by atoms with Gasteiger partial charge >= 0.3 is 0 Å². The molecule has 0 unspecified atom stereocenters. The first-order chi connectivity index (χ1) is 8.31. The van der Waals surface area contributed by atoms with Crippen molar-refractivity contribution in [3.63, 3.8) is 0 Å². The van der Waals surface area contributed by atoms with Gasteiger partial charge in [0.2, 0.25) is 0 Å². The molecule has 96 valence electrons. The maximum Gasteiger partial charge on any atom is 0.135 e. The Morgan fingerprint density at radius 3 is 2.82 bits per heavy atom. The zero-order valence-electron chi connectivity index (χ0n) is 10.8. The summed E-state index contributed by atoms with van der Waals surface area (Å²) >= 11 is 0. The summed E-state index contributed by atoms with van der Waals surface area (Å²) in [4.78, 5) is 0. The van der Waals surface area contributed by atoms with E-state index >= 15 is 0 Å². The molecule has 1 saturated heterocycles. The fraction of sp³-hybridized carbons (Fsp3) is 0.833. The number of aryl methyl sites for hydroxylation is 1. The van der Waals surface area contributed by atoms with Gasteiger partial charge in [-0.15, -0.1) is 10.2 Å². The average Bonchev–Trinajstić information content (AvgIpc) is 2.71. The van der Waals surface area contributed by atoms with Gasteiger partial charge in [-0.2, -0.15) is 0 Å². The summed E-state index contributed by atoms with van der Waals surface area (Å²) in [6.07, 6.45) is 3.53. The minimum atomic E-state index is 0.426. The number of piperidine rings is 1. The van der Waals surface area contributed by atoms with E-state index < -0.39 is 0 Å². The molecule has 0 spiro atoms. The van der Waals surface area contributed by atoms with Crippen molar-refractivity contribution < 1.29 is 4.74 Å². The Hall–Kier alpha value is -0.940. The second-order valence-electron chi connectivity index (χ2n) is 4.48. The van der Waals surface area contributed by atoms with Crippen molar-refractivity contribution in [1.82, 2.24) is 20.1 Å². The standard InChI is InChI=1S/C12H22N4O/c1-3-16-10(2)14-15-12(16)6-9-17-11-4-7-13-8-5-11/h11,13H,3-9H2,1-2H3. The van der Waals surface area contributed by atoms with Crippen LogP contribution in [-0.2, 0) is 17.7 Å². The lowest BCUT2D eigenvalue weighted by Gasteiger charge is -2.22. The van der Waals surface area contributed by atoms with Crippen LogP contribution in [0.25, 0.3) is 0 Å². The quantitative estimate of drug-likeness (QED) is 0.828. The molecule has 2 heterocycles. The summed E-state index contributed by atoms with van der Waals surface area (Å²) in [5, 5.41) is 11.6. The van der Waals surface area contributed by atoms with E-state index in [9.17, 15) is 0 Å². The predicted molar refractivity (Wildman–Crippen MR) is 66.0 cm³/mol. The fourth-order valence-electron chi connectivity index (χ4n) is 2.30. The molecule has 1 aliphatic heterocycles. The van der Waals surface area contributed by atoms with Crippen molar-refractivity contribution in [2.75, 3.05) is 19.7 Å². The first kappa shape index (κ1) is 12.5. The Morgan fingerprint density at radius 1 is 1.35 bits per heavy atom. The third-order valence-corrected chi connectivity index (χ3v) is 3.29. The molecule has 0 amide bonds. The third-order valence-electron chi connectivity index (χ3n) is 3.29. The lowest BCUT2D eigenvalue weighted by atomic mass is 10.1. The van der Waals surface area contributed by atoms with E-state index in [1.54, 1.807) is 0 Å². The molecule has 1 N–H and O–H groups in total. The highest BCUT2D eigenvalue weighted by Gasteiger charge is 2.14. The van der Waals surface area contributed by atoms with Gasteiger partial charge in [0, 0.05) is 13.0 Å². The van der Waals surface area contributed by atoms with Crippen LogP contribution < -0.4 is 5.32 Å². The third kappa shape index (κ3) is 3.26. The number of nitrogens with zero attached hydrogens (tertiary/aromatic N) is 3. The van der Waals surface area contributed by atoms with Crippen LogP contribution in [0.4, 0.5) is 0 Å². The molecule has 17 heavy (non-hydrogen) atoms. The van der Waals surface area contributed by atoms with Crippen molar-refractivity contribution in [3.8, 4) is 0 Å². The van der Waals surface area contributed by atoms with E-state index in [0.29, 0.717) is 6.10 Å². The topological polar surface area (TPSA) is 52.0 Å².